The lowest BCUT2D eigenvalue weighted by Crippen LogP contribution is -2.40. The molecule has 0 spiro atoms. The number of carbonyl (C=O) groups excluding carboxylic acids is 1. The Morgan fingerprint density at radius 1 is 1.14 bits per heavy atom. The van der Waals surface area contributed by atoms with Crippen LogP contribution in [0, 0.1) is 0 Å². The molecule has 1 atom stereocenters. The van der Waals surface area contributed by atoms with Gasteiger partial charge in [-0.25, -0.2) is 9.79 Å². The predicted molar refractivity (Wildman–Crippen MR) is 134 cm³/mol. The number of esters is 1. The van der Waals surface area contributed by atoms with E-state index in [1.165, 1.54) is 34.1 Å². The molecule has 5 rings (SSSR count). The fraction of sp³-hybridized carbons (Fsp3) is 0.148. The van der Waals surface area contributed by atoms with Crippen LogP contribution in [0.25, 0.3) is 16.8 Å². The number of hydrogen-bond donors (Lipinski definition) is 2. The molecule has 2 N–H and O–H groups in total. The number of benzene rings is 3. The van der Waals surface area contributed by atoms with Crippen molar-refractivity contribution in [2.75, 3.05) is 6.61 Å². The van der Waals surface area contributed by atoms with Crippen molar-refractivity contribution < 1.29 is 19.7 Å². The fourth-order valence-electron chi connectivity index (χ4n) is 4.37. The van der Waals surface area contributed by atoms with E-state index in [2.05, 4.69) is 4.99 Å². The molecular weight excluding hydrogens is 464 g/mol. The predicted octanol–water partition coefficient (Wildman–Crippen LogP) is 3.36. The summed E-state index contributed by atoms with van der Waals surface area (Å²) in [6, 6.07) is 17.1. The van der Waals surface area contributed by atoms with Crippen molar-refractivity contribution in [2.24, 2.45) is 4.99 Å². The van der Waals surface area contributed by atoms with Gasteiger partial charge in [0.2, 0.25) is 0 Å². The zero-order valence-electron chi connectivity index (χ0n) is 19.1. The van der Waals surface area contributed by atoms with E-state index in [4.69, 9.17) is 4.74 Å². The molecule has 1 aromatic heterocycles. The number of fused-ring (bicyclic) bond motifs is 2. The summed E-state index contributed by atoms with van der Waals surface area (Å²) < 4.78 is 7.23. The number of phenolic OH excluding ortho intramolecular Hbond substituents is 2. The molecule has 0 aliphatic carbocycles. The maximum atomic E-state index is 13.7. The molecule has 35 heavy (non-hydrogen) atoms. The third-order valence-electron chi connectivity index (χ3n) is 5.94. The minimum absolute atomic E-state index is 0.0771. The van der Waals surface area contributed by atoms with Crippen molar-refractivity contribution >= 4 is 34.2 Å². The Morgan fingerprint density at radius 2 is 1.91 bits per heavy atom. The molecule has 176 valence electrons. The van der Waals surface area contributed by atoms with Gasteiger partial charge in [-0.05, 0) is 48.4 Å². The first kappa shape index (κ1) is 22.6. The quantitative estimate of drug-likeness (QED) is 0.431. The second-order valence-electron chi connectivity index (χ2n) is 8.11. The first-order valence-corrected chi connectivity index (χ1v) is 11.9. The third kappa shape index (κ3) is 3.91. The van der Waals surface area contributed by atoms with Crippen LogP contribution in [-0.4, -0.2) is 27.4 Å². The number of aromatic hydroxyl groups is 2. The topological polar surface area (TPSA) is 101 Å². The molecule has 0 fully saturated rings. The van der Waals surface area contributed by atoms with Gasteiger partial charge in [-0.1, -0.05) is 53.8 Å². The Bertz CT molecular complexity index is 1690. The highest BCUT2D eigenvalue weighted by atomic mass is 32.1. The number of rotatable bonds is 4. The van der Waals surface area contributed by atoms with Crippen LogP contribution in [-0.2, 0) is 9.53 Å². The summed E-state index contributed by atoms with van der Waals surface area (Å²) >= 11 is 1.17. The molecule has 8 heteroatoms. The largest absolute Gasteiger partial charge is 0.508 e. The maximum Gasteiger partial charge on any atom is 0.338 e. The molecule has 0 saturated heterocycles. The van der Waals surface area contributed by atoms with Gasteiger partial charge in [-0.3, -0.25) is 9.36 Å². The molecule has 7 nitrogen and oxygen atoms in total. The van der Waals surface area contributed by atoms with E-state index in [0.29, 0.717) is 26.2 Å². The highest BCUT2D eigenvalue weighted by Crippen LogP contribution is 2.34. The van der Waals surface area contributed by atoms with E-state index in [1.807, 2.05) is 42.5 Å². The van der Waals surface area contributed by atoms with Crippen LogP contribution in [0.15, 0.2) is 81.7 Å². The Labute approximate surface area is 204 Å². The minimum Gasteiger partial charge on any atom is -0.508 e. The molecule has 3 aromatic carbocycles. The molecule has 0 bridgehead atoms. The molecule has 2 heterocycles. The average molecular weight is 487 g/mol. The average Bonchev–Trinajstić information content (AvgIpc) is 3.14. The molecule has 0 radical (unpaired) electrons. The first-order valence-electron chi connectivity index (χ1n) is 11.1. The molecule has 1 aliphatic heterocycles. The van der Waals surface area contributed by atoms with E-state index in [-0.39, 0.29) is 23.7 Å². The zero-order chi connectivity index (χ0) is 24.7. The van der Waals surface area contributed by atoms with Crippen LogP contribution < -0.4 is 14.9 Å². The molecule has 1 unspecified atom stereocenters. The zero-order valence-corrected chi connectivity index (χ0v) is 19.9. The number of aromatic nitrogens is 1. The summed E-state index contributed by atoms with van der Waals surface area (Å²) in [5.74, 6) is -0.742. The summed E-state index contributed by atoms with van der Waals surface area (Å²) in [5.41, 5.74) is 1.64. The lowest BCUT2D eigenvalue weighted by atomic mass is 9.91. The van der Waals surface area contributed by atoms with Crippen LogP contribution >= 0.6 is 11.3 Å². The third-order valence-corrected chi connectivity index (χ3v) is 6.92. The van der Waals surface area contributed by atoms with E-state index in [0.717, 1.165) is 16.3 Å². The SMILES string of the molecule is CCOC(=O)C1=C(C)N=c2sc(=Cc3ccc(O)cc3O)c(=O)n2C1c1cccc2ccccc12. The van der Waals surface area contributed by atoms with Gasteiger partial charge < -0.3 is 14.9 Å². The number of carbonyl (C=O) groups is 1. The minimum atomic E-state index is -0.730. The van der Waals surface area contributed by atoms with E-state index in [1.54, 1.807) is 19.9 Å². The number of nitrogens with zero attached hydrogens (tertiary/aromatic N) is 2. The first-order chi connectivity index (χ1) is 16.9. The van der Waals surface area contributed by atoms with Gasteiger partial charge in [0.25, 0.3) is 5.56 Å². The van der Waals surface area contributed by atoms with Crippen molar-refractivity contribution in [3.05, 3.63) is 103 Å². The lowest BCUT2D eigenvalue weighted by molar-refractivity contribution is -0.139. The molecule has 0 amide bonds. The number of ether oxygens (including phenoxy) is 1. The van der Waals surface area contributed by atoms with Gasteiger partial charge in [-0.15, -0.1) is 0 Å². The Hall–Kier alpha value is -4.17. The van der Waals surface area contributed by atoms with E-state index in [9.17, 15) is 19.8 Å². The Kier molecular flexibility index (Phi) is 5.74. The molecular formula is C27H22N2O5S. The van der Waals surface area contributed by atoms with Gasteiger partial charge in [0.15, 0.2) is 4.80 Å². The Balaban J connectivity index is 1.81. The van der Waals surface area contributed by atoms with Crippen molar-refractivity contribution in [3.8, 4) is 11.5 Å². The summed E-state index contributed by atoms with van der Waals surface area (Å²) in [5, 5.41) is 21.7. The van der Waals surface area contributed by atoms with Crippen molar-refractivity contribution in [1.29, 1.82) is 0 Å². The van der Waals surface area contributed by atoms with E-state index >= 15 is 0 Å². The standard InChI is InChI=1S/C27H22N2O5S/c1-3-34-26(33)23-15(2)28-27-29(24(23)20-10-6-8-16-7-4-5-9-19(16)20)25(32)22(35-27)13-17-11-12-18(30)14-21(17)31/h4-14,24,30-31H,3H2,1-2H3. The van der Waals surface area contributed by atoms with Crippen LogP contribution in [0.2, 0.25) is 0 Å². The summed E-state index contributed by atoms with van der Waals surface area (Å²) in [6.45, 7) is 3.68. The Morgan fingerprint density at radius 3 is 2.69 bits per heavy atom. The van der Waals surface area contributed by atoms with Crippen molar-refractivity contribution in [3.63, 3.8) is 0 Å². The molecule has 4 aromatic rings. The monoisotopic (exact) mass is 486 g/mol. The second-order valence-corrected chi connectivity index (χ2v) is 9.12. The number of hydrogen-bond acceptors (Lipinski definition) is 7. The fourth-order valence-corrected chi connectivity index (χ4v) is 5.41. The van der Waals surface area contributed by atoms with Crippen molar-refractivity contribution in [2.45, 2.75) is 19.9 Å². The highest BCUT2D eigenvalue weighted by molar-refractivity contribution is 7.07. The van der Waals surface area contributed by atoms with Gasteiger partial charge in [0.05, 0.1) is 28.5 Å². The van der Waals surface area contributed by atoms with Gasteiger partial charge in [-0.2, -0.15) is 0 Å². The number of allylic oxidation sites excluding steroid dienone is 1. The summed E-state index contributed by atoms with van der Waals surface area (Å²) in [7, 11) is 0. The highest BCUT2D eigenvalue weighted by Gasteiger charge is 2.34. The number of thiazole rings is 1. The van der Waals surface area contributed by atoms with Crippen LogP contribution in [0.5, 0.6) is 11.5 Å². The van der Waals surface area contributed by atoms with Crippen LogP contribution in [0.3, 0.4) is 0 Å². The summed E-state index contributed by atoms with van der Waals surface area (Å²) in [4.78, 5) is 31.9. The van der Waals surface area contributed by atoms with Gasteiger partial charge >= 0.3 is 5.97 Å². The normalized spacial score (nSPS) is 15.7. The smallest absolute Gasteiger partial charge is 0.338 e. The van der Waals surface area contributed by atoms with Gasteiger partial charge in [0.1, 0.15) is 11.5 Å². The number of phenols is 2. The maximum absolute atomic E-state index is 13.7. The lowest BCUT2D eigenvalue weighted by Gasteiger charge is -2.25. The second kappa shape index (κ2) is 8.88. The van der Waals surface area contributed by atoms with E-state index < -0.39 is 12.0 Å². The van der Waals surface area contributed by atoms with Gasteiger partial charge in [0, 0.05) is 11.6 Å². The summed E-state index contributed by atoms with van der Waals surface area (Å²) in [6.07, 6.45) is 1.56. The molecule has 0 saturated carbocycles. The van der Waals surface area contributed by atoms with Crippen LogP contribution in [0.1, 0.15) is 31.0 Å². The molecule has 1 aliphatic rings. The van der Waals surface area contributed by atoms with Crippen LogP contribution in [0.4, 0.5) is 0 Å². The van der Waals surface area contributed by atoms with Crippen molar-refractivity contribution in [1.82, 2.24) is 4.57 Å².